The first-order chi connectivity index (χ1) is 6.77. The van der Waals surface area contributed by atoms with Crippen molar-refractivity contribution in [3.63, 3.8) is 0 Å². The molecule has 0 unspecified atom stereocenters. The predicted octanol–water partition coefficient (Wildman–Crippen LogP) is 2.63. The quantitative estimate of drug-likeness (QED) is 0.670. The number of benzene rings is 1. The van der Waals surface area contributed by atoms with Gasteiger partial charge in [0, 0.05) is 12.8 Å². The van der Waals surface area contributed by atoms with Gasteiger partial charge in [-0.2, -0.15) is 0 Å². The summed E-state index contributed by atoms with van der Waals surface area (Å²) >= 11 is 0. The first-order valence-corrected chi connectivity index (χ1v) is 5.04. The second-order valence-corrected chi connectivity index (χ2v) is 3.69. The Hall–Kier alpha value is -1.31. The van der Waals surface area contributed by atoms with Gasteiger partial charge in [-0.15, -0.1) is 0 Å². The first kappa shape index (κ1) is 9.25. The van der Waals surface area contributed by atoms with Crippen LogP contribution >= 0.6 is 0 Å². The molecule has 2 heteroatoms. The molecular weight excluding hydrogens is 176 g/mol. The average molecular weight is 190 g/mol. The van der Waals surface area contributed by atoms with E-state index in [2.05, 4.69) is 6.92 Å². The van der Waals surface area contributed by atoms with E-state index in [1.807, 2.05) is 30.3 Å². The molecule has 0 radical (unpaired) electrons. The normalized spacial score (nSPS) is 26.2. The molecule has 0 aromatic heterocycles. The molecule has 1 aliphatic heterocycles. The lowest BCUT2D eigenvalue weighted by molar-refractivity contribution is -0.149. The maximum Gasteiger partial charge on any atom is 0.306 e. The lowest BCUT2D eigenvalue weighted by Crippen LogP contribution is -2.24. The zero-order chi connectivity index (χ0) is 10.0. The standard InChI is InChI=1S/C12H14O2/c1-2-12(9-8-11(13)14-12)10-6-4-3-5-7-10/h3-7H,2,8-9H2,1H3/t12-/m0/s1. The molecule has 0 amide bonds. The van der Waals surface area contributed by atoms with Crippen molar-refractivity contribution in [1.29, 1.82) is 0 Å². The zero-order valence-corrected chi connectivity index (χ0v) is 8.32. The topological polar surface area (TPSA) is 26.3 Å². The SMILES string of the molecule is CC[C@@]1(c2ccccc2)CCC(=O)O1. The number of hydrogen-bond acceptors (Lipinski definition) is 2. The molecule has 74 valence electrons. The van der Waals surface area contributed by atoms with Crippen molar-refractivity contribution in [2.45, 2.75) is 31.8 Å². The summed E-state index contributed by atoms with van der Waals surface area (Å²) in [6.45, 7) is 2.06. The summed E-state index contributed by atoms with van der Waals surface area (Å²) in [6.07, 6.45) is 2.21. The summed E-state index contributed by atoms with van der Waals surface area (Å²) in [7, 11) is 0. The molecule has 1 heterocycles. The Kier molecular flexibility index (Phi) is 2.28. The fraction of sp³-hybridized carbons (Fsp3) is 0.417. The highest BCUT2D eigenvalue weighted by molar-refractivity contribution is 5.72. The van der Waals surface area contributed by atoms with E-state index in [9.17, 15) is 4.79 Å². The highest BCUT2D eigenvalue weighted by atomic mass is 16.6. The molecule has 1 aliphatic rings. The molecule has 0 spiro atoms. The van der Waals surface area contributed by atoms with E-state index in [1.165, 1.54) is 0 Å². The molecule has 0 aliphatic carbocycles. The number of hydrogen-bond donors (Lipinski definition) is 0. The predicted molar refractivity (Wildman–Crippen MR) is 53.7 cm³/mol. The van der Waals surface area contributed by atoms with Gasteiger partial charge in [0.1, 0.15) is 5.60 Å². The van der Waals surface area contributed by atoms with Crippen LogP contribution in [0, 0.1) is 0 Å². The van der Waals surface area contributed by atoms with Crippen molar-refractivity contribution in [3.8, 4) is 0 Å². The van der Waals surface area contributed by atoms with Crippen molar-refractivity contribution in [1.82, 2.24) is 0 Å². The lowest BCUT2D eigenvalue weighted by Gasteiger charge is -2.26. The van der Waals surface area contributed by atoms with Crippen LogP contribution in [-0.4, -0.2) is 5.97 Å². The summed E-state index contributed by atoms with van der Waals surface area (Å²) in [5.41, 5.74) is 0.770. The van der Waals surface area contributed by atoms with Gasteiger partial charge < -0.3 is 4.74 Å². The van der Waals surface area contributed by atoms with Gasteiger partial charge in [-0.1, -0.05) is 37.3 Å². The van der Waals surface area contributed by atoms with Gasteiger partial charge >= 0.3 is 5.97 Å². The van der Waals surface area contributed by atoms with Crippen molar-refractivity contribution in [3.05, 3.63) is 35.9 Å². The van der Waals surface area contributed by atoms with E-state index in [1.54, 1.807) is 0 Å². The minimum atomic E-state index is -0.349. The minimum Gasteiger partial charge on any atom is -0.454 e. The van der Waals surface area contributed by atoms with Gasteiger partial charge in [-0.05, 0) is 12.0 Å². The molecule has 1 fully saturated rings. The summed E-state index contributed by atoms with van der Waals surface area (Å²) < 4.78 is 5.45. The number of carbonyl (C=O) groups excluding carboxylic acids is 1. The van der Waals surface area contributed by atoms with Gasteiger partial charge in [-0.3, -0.25) is 4.79 Å². The smallest absolute Gasteiger partial charge is 0.306 e. The van der Waals surface area contributed by atoms with Crippen molar-refractivity contribution in [2.24, 2.45) is 0 Å². The van der Waals surface area contributed by atoms with Crippen LogP contribution in [0.15, 0.2) is 30.3 Å². The number of carbonyl (C=O) groups is 1. The third-order valence-electron chi connectivity index (χ3n) is 2.91. The first-order valence-electron chi connectivity index (χ1n) is 5.04. The molecule has 1 saturated heterocycles. The monoisotopic (exact) mass is 190 g/mol. The Morgan fingerprint density at radius 3 is 2.57 bits per heavy atom. The Morgan fingerprint density at radius 2 is 2.07 bits per heavy atom. The molecular formula is C12H14O2. The molecule has 0 saturated carbocycles. The van der Waals surface area contributed by atoms with E-state index < -0.39 is 0 Å². The maximum atomic E-state index is 11.2. The maximum absolute atomic E-state index is 11.2. The highest BCUT2D eigenvalue weighted by Gasteiger charge is 2.39. The number of rotatable bonds is 2. The number of cyclic esters (lactones) is 1. The van der Waals surface area contributed by atoms with Gasteiger partial charge in [-0.25, -0.2) is 0 Å². The molecule has 0 N–H and O–H groups in total. The third kappa shape index (κ3) is 1.41. The van der Waals surface area contributed by atoms with Gasteiger partial charge in [0.15, 0.2) is 0 Å². The average Bonchev–Trinajstić information content (AvgIpc) is 2.63. The fourth-order valence-electron chi connectivity index (χ4n) is 2.02. The van der Waals surface area contributed by atoms with Crippen LogP contribution in [0.1, 0.15) is 31.7 Å². The van der Waals surface area contributed by atoms with E-state index in [0.717, 1.165) is 18.4 Å². The van der Waals surface area contributed by atoms with Crippen LogP contribution in [0.25, 0.3) is 0 Å². The Balaban J connectivity index is 2.34. The van der Waals surface area contributed by atoms with Crippen LogP contribution in [0.4, 0.5) is 0 Å². The van der Waals surface area contributed by atoms with Crippen LogP contribution in [0.3, 0.4) is 0 Å². The van der Waals surface area contributed by atoms with Crippen molar-refractivity contribution in [2.75, 3.05) is 0 Å². The van der Waals surface area contributed by atoms with Gasteiger partial charge in [0.25, 0.3) is 0 Å². The Morgan fingerprint density at radius 1 is 1.36 bits per heavy atom. The van der Waals surface area contributed by atoms with Gasteiger partial charge in [0.05, 0.1) is 0 Å². The summed E-state index contributed by atoms with van der Waals surface area (Å²) in [6, 6.07) is 10.0. The molecule has 1 atom stereocenters. The molecule has 1 aromatic carbocycles. The largest absolute Gasteiger partial charge is 0.454 e. The van der Waals surface area contributed by atoms with Crippen LogP contribution in [0.5, 0.6) is 0 Å². The molecule has 14 heavy (non-hydrogen) atoms. The minimum absolute atomic E-state index is 0.0734. The molecule has 2 rings (SSSR count). The van der Waals surface area contributed by atoms with E-state index in [0.29, 0.717) is 6.42 Å². The number of ether oxygens (including phenoxy) is 1. The highest BCUT2D eigenvalue weighted by Crippen LogP contribution is 2.39. The summed E-state index contributed by atoms with van der Waals surface area (Å²) in [4.78, 5) is 11.2. The molecule has 0 bridgehead atoms. The fourth-order valence-corrected chi connectivity index (χ4v) is 2.02. The Bertz CT molecular complexity index is 331. The third-order valence-corrected chi connectivity index (χ3v) is 2.91. The van der Waals surface area contributed by atoms with Crippen LogP contribution in [-0.2, 0) is 15.1 Å². The van der Waals surface area contributed by atoms with Crippen LogP contribution in [0.2, 0.25) is 0 Å². The molecule has 1 aromatic rings. The van der Waals surface area contributed by atoms with Crippen molar-refractivity contribution < 1.29 is 9.53 Å². The summed E-state index contributed by atoms with van der Waals surface area (Å²) in [5, 5.41) is 0. The lowest BCUT2D eigenvalue weighted by atomic mass is 9.88. The van der Waals surface area contributed by atoms with Gasteiger partial charge in [0.2, 0.25) is 0 Å². The zero-order valence-electron chi connectivity index (χ0n) is 8.32. The number of esters is 1. The van der Waals surface area contributed by atoms with Crippen molar-refractivity contribution >= 4 is 5.97 Å². The van der Waals surface area contributed by atoms with E-state index >= 15 is 0 Å². The van der Waals surface area contributed by atoms with E-state index in [-0.39, 0.29) is 11.6 Å². The second kappa shape index (κ2) is 3.45. The Labute approximate surface area is 83.9 Å². The second-order valence-electron chi connectivity index (χ2n) is 3.69. The molecule has 2 nitrogen and oxygen atoms in total. The van der Waals surface area contributed by atoms with Crippen LogP contribution < -0.4 is 0 Å². The van der Waals surface area contributed by atoms with E-state index in [4.69, 9.17) is 4.74 Å². The summed E-state index contributed by atoms with van der Waals surface area (Å²) in [5.74, 6) is -0.0734.